The van der Waals surface area contributed by atoms with Crippen LogP contribution < -0.4 is 5.32 Å². The summed E-state index contributed by atoms with van der Waals surface area (Å²) in [6.07, 6.45) is 102. The predicted molar refractivity (Wildman–Crippen MR) is 393 cm³/mol. The summed E-state index contributed by atoms with van der Waals surface area (Å²) in [5.41, 5.74) is 0. The zero-order chi connectivity index (χ0) is 64.2. The van der Waals surface area contributed by atoms with Crippen molar-refractivity contribution in [3.8, 4) is 0 Å². The number of amides is 1. The molecule has 0 saturated heterocycles. The third kappa shape index (κ3) is 75.0. The molecule has 0 radical (unpaired) electrons. The smallest absolute Gasteiger partial charge is 0.305 e. The van der Waals surface area contributed by atoms with Gasteiger partial charge in [-0.2, -0.15) is 0 Å². The molecule has 89 heavy (non-hydrogen) atoms. The molecule has 6 heteroatoms. The first kappa shape index (κ1) is 87.1. The number of nitrogens with one attached hydrogen (secondary N) is 1. The van der Waals surface area contributed by atoms with Gasteiger partial charge in [-0.15, -0.1) is 0 Å². The van der Waals surface area contributed by atoms with Crippen molar-refractivity contribution in [2.45, 2.75) is 469 Å². The Kier molecular flexibility index (Phi) is 76.8. The minimum absolute atomic E-state index is 0.0115. The molecule has 2 unspecified atom stereocenters. The Labute approximate surface area is 557 Å². The molecule has 0 saturated carbocycles. The van der Waals surface area contributed by atoms with Crippen molar-refractivity contribution in [2.75, 3.05) is 13.2 Å². The van der Waals surface area contributed by atoms with E-state index in [1.165, 1.54) is 372 Å². The zero-order valence-electron chi connectivity index (χ0n) is 60.4. The quantitative estimate of drug-likeness (QED) is 0.0320. The van der Waals surface area contributed by atoms with E-state index in [0.29, 0.717) is 25.9 Å². The van der Waals surface area contributed by atoms with Crippen LogP contribution in [0.4, 0.5) is 0 Å². The standard InChI is InChI=1S/C83H159NO5/c1-3-5-7-9-11-13-15-17-19-20-21-41-44-48-51-55-59-63-67-71-75-81(86)80(79-85)84-82(87)76-72-68-64-60-56-52-49-45-42-39-37-35-33-31-29-27-25-23-22-24-26-28-30-32-34-36-38-40-43-46-50-54-58-62-66-70-74-78-89-83(88)77-73-69-65-61-57-53-47-18-16-14-12-10-8-6-4-2/h18,22,24,28,30,47,80-81,85-86H,3-17,19-21,23,25-27,29,31-46,48-79H2,1-2H3,(H,84,87)/b24-22-,30-28-,47-18-. The van der Waals surface area contributed by atoms with E-state index in [0.717, 1.165) is 51.4 Å². The Bertz CT molecular complexity index is 1440. The Morgan fingerprint density at radius 3 is 0.865 bits per heavy atom. The lowest BCUT2D eigenvalue weighted by Crippen LogP contribution is -2.45. The first-order valence-corrected chi connectivity index (χ1v) is 40.7. The molecule has 2 atom stereocenters. The van der Waals surface area contributed by atoms with Gasteiger partial charge in [0.2, 0.25) is 5.91 Å². The molecule has 0 aromatic heterocycles. The van der Waals surface area contributed by atoms with Crippen LogP contribution >= 0.6 is 0 Å². The van der Waals surface area contributed by atoms with Crippen LogP contribution in [0, 0.1) is 0 Å². The molecule has 0 aliphatic rings. The van der Waals surface area contributed by atoms with Gasteiger partial charge in [-0.25, -0.2) is 0 Å². The van der Waals surface area contributed by atoms with Crippen molar-refractivity contribution in [3.05, 3.63) is 36.5 Å². The molecule has 6 nitrogen and oxygen atoms in total. The van der Waals surface area contributed by atoms with Gasteiger partial charge in [0.15, 0.2) is 0 Å². The lowest BCUT2D eigenvalue weighted by Gasteiger charge is -2.22. The number of hydrogen-bond acceptors (Lipinski definition) is 5. The van der Waals surface area contributed by atoms with Crippen LogP contribution in [0.25, 0.3) is 0 Å². The second kappa shape index (κ2) is 78.5. The molecule has 0 spiro atoms. The number of esters is 1. The highest BCUT2D eigenvalue weighted by atomic mass is 16.5. The Morgan fingerprint density at radius 2 is 0.562 bits per heavy atom. The van der Waals surface area contributed by atoms with Crippen molar-refractivity contribution in [1.82, 2.24) is 5.32 Å². The molecule has 526 valence electrons. The van der Waals surface area contributed by atoms with Crippen LogP contribution in [-0.4, -0.2) is 47.4 Å². The minimum atomic E-state index is -0.663. The Balaban J connectivity index is 3.36. The third-order valence-corrected chi connectivity index (χ3v) is 19.2. The third-order valence-electron chi connectivity index (χ3n) is 19.2. The topological polar surface area (TPSA) is 95.9 Å². The van der Waals surface area contributed by atoms with Gasteiger partial charge in [-0.3, -0.25) is 9.59 Å². The van der Waals surface area contributed by atoms with Crippen molar-refractivity contribution in [3.63, 3.8) is 0 Å². The molecule has 0 heterocycles. The van der Waals surface area contributed by atoms with E-state index in [1.54, 1.807) is 0 Å². The van der Waals surface area contributed by atoms with E-state index in [-0.39, 0.29) is 18.5 Å². The highest BCUT2D eigenvalue weighted by molar-refractivity contribution is 5.76. The summed E-state index contributed by atoms with van der Waals surface area (Å²) in [7, 11) is 0. The van der Waals surface area contributed by atoms with Crippen LogP contribution in [0.5, 0.6) is 0 Å². The van der Waals surface area contributed by atoms with Gasteiger partial charge < -0.3 is 20.3 Å². The second-order valence-corrected chi connectivity index (χ2v) is 28.1. The molecule has 0 rings (SSSR count). The maximum atomic E-state index is 12.6. The van der Waals surface area contributed by atoms with Gasteiger partial charge >= 0.3 is 5.97 Å². The number of aliphatic hydroxyl groups is 2. The second-order valence-electron chi connectivity index (χ2n) is 28.1. The first-order valence-electron chi connectivity index (χ1n) is 40.7. The first-order chi connectivity index (χ1) is 44.0. The number of aliphatic hydroxyl groups excluding tert-OH is 2. The van der Waals surface area contributed by atoms with Gasteiger partial charge in [0.05, 0.1) is 25.4 Å². The Hall–Kier alpha value is -1.92. The summed E-state index contributed by atoms with van der Waals surface area (Å²) >= 11 is 0. The summed E-state index contributed by atoms with van der Waals surface area (Å²) in [5.74, 6) is -0.0158. The highest BCUT2D eigenvalue weighted by Gasteiger charge is 2.20. The summed E-state index contributed by atoms with van der Waals surface area (Å²) in [6, 6.07) is -0.540. The van der Waals surface area contributed by atoms with Crippen molar-refractivity contribution in [2.24, 2.45) is 0 Å². The Morgan fingerprint density at radius 1 is 0.315 bits per heavy atom. The van der Waals surface area contributed by atoms with Crippen molar-refractivity contribution >= 4 is 11.9 Å². The number of unbranched alkanes of at least 4 members (excludes halogenated alkanes) is 60. The van der Waals surface area contributed by atoms with Crippen LogP contribution in [0.1, 0.15) is 457 Å². The van der Waals surface area contributed by atoms with E-state index in [9.17, 15) is 19.8 Å². The van der Waals surface area contributed by atoms with Crippen LogP contribution in [0.15, 0.2) is 36.5 Å². The van der Waals surface area contributed by atoms with Gasteiger partial charge in [-0.1, -0.05) is 397 Å². The molecule has 0 bridgehead atoms. The monoisotopic (exact) mass is 1250 g/mol. The molecule has 0 aromatic carbocycles. The number of allylic oxidation sites excluding steroid dienone is 6. The molecule has 3 N–H and O–H groups in total. The number of carbonyl (C=O) groups is 2. The summed E-state index contributed by atoms with van der Waals surface area (Å²) in [4.78, 5) is 24.6. The fourth-order valence-electron chi connectivity index (χ4n) is 13.0. The van der Waals surface area contributed by atoms with Crippen LogP contribution in [-0.2, 0) is 14.3 Å². The van der Waals surface area contributed by atoms with Crippen molar-refractivity contribution in [1.29, 1.82) is 0 Å². The van der Waals surface area contributed by atoms with Gasteiger partial charge in [0, 0.05) is 12.8 Å². The minimum Gasteiger partial charge on any atom is -0.466 e. The largest absolute Gasteiger partial charge is 0.466 e. The van der Waals surface area contributed by atoms with E-state index in [1.807, 2.05) is 0 Å². The van der Waals surface area contributed by atoms with E-state index < -0.39 is 12.1 Å². The fourth-order valence-corrected chi connectivity index (χ4v) is 13.0. The number of carbonyl (C=O) groups excluding carboxylic acids is 2. The van der Waals surface area contributed by atoms with Gasteiger partial charge in [0.1, 0.15) is 0 Å². The van der Waals surface area contributed by atoms with E-state index in [2.05, 4.69) is 55.6 Å². The maximum Gasteiger partial charge on any atom is 0.305 e. The normalized spacial score (nSPS) is 12.6. The summed E-state index contributed by atoms with van der Waals surface area (Å²) < 4.78 is 5.50. The maximum absolute atomic E-state index is 12.6. The lowest BCUT2D eigenvalue weighted by atomic mass is 10.0. The molecular weight excluding hydrogens is 1090 g/mol. The molecule has 0 aliphatic heterocycles. The van der Waals surface area contributed by atoms with Crippen LogP contribution in [0.3, 0.4) is 0 Å². The lowest BCUT2D eigenvalue weighted by molar-refractivity contribution is -0.143. The van der Waals surface area contributed by atoms with E-state index >= 15 is 0 Å². The molecule has 1 amide bonds. The zero-order valence-corrected chi connectivity index (χ0v) is 60.4. The summed E-state index contributed by atoms with van der Waals surface area (Å²) in [5, 5.41) is 23.4. The van der Waals surface area contributed by atoms with Gasteiger partial charge in [-0.05, 0) is 83.5 Å². The molecule has 0 aliphatic carbocycles. The molecule has 0 aromatic rings. The predicted octanol–water partition coefficient (Wildman–Crippen LogP) is 27.0. The number of rotatable bonds is 77. The number of hydrogen-bond donors (Lipinski definition) is 3. The SMILES string of the molecule is CCCCCCCC/C=C\CCCCCCCC(=O)OCCCCCCCCCCCCCCC/C=C\C/C=C\CCCCCCCCCCCCCCCCCCCC(=O)NC(CO)C(O)CCCCCCCCCCCCCCCCCCCCCC. The average molecular weight is 1250 g/mol. The van der Waals surface area contributed by atoms with E-state index in [4.69, 9.17) is 4.74 Å². The summed E-state index contributed by atoms with van der Waals surface area (Å²) in [6.45, 7) is 4.99. The molecular formula is C83H159NO5. The average Bonchev–Trinajstić information content (AvgIpc) is 3.63. The highest BCUT2D eigenvalue weighted by Crippen LogP contribution is 2.20. The van der Waals surface area contributed by atoms with Crippen molar-refractivity contribution < 1.29 is 24.5 Å². The number of ether oxygens (including phenoxy) is 1. The molecule has 0 fully saturated rings. The fraction of sp³-hybridized carbons (Fsp3) is 0.904. The van der Waals surface area contributed by atoms with Gasteiger partial charge in [0.25, 0.3) is 0 Å². The van der Waals surface area contributed by atoms with Crippen LogP contribution in [0.2, 0.25) is 0 Å².